The monoisotopic (exact) mass is 311 g/mol. The molecule has 0 spiro atoms. The quantitative estimate of drug-likeness (QED) is 0.840. The Hall–Kier alpha value is -2.00. The lowest BCUT2D eigenvalue weighted by atomic mass is 10.1. The van der Waals surface area contributed by atoms with E-state index in [1.807, 2.05) is 24.3 Å². The molecule has 0 bridgehead atoms. The number of hydrogen-bond donors (Lipinski definition) is 1. The van der Waals surface area contributed by atoms with Crippen LogP contribution < -0.4 is 9.64 Å². The van der Waals surface area contributed by atoms with Crippen molar-refractivity contribution in [3.63, 3.8) is 0 Å². The minimum atomic E-state index is -0.428. The number of aliphatic hydroxyl groups is 1. The third kappa shape index (κ3) is 3.85. The first kappa shape index (κ1) is 15.9. The van der Waals surface area contributed by atoms with E-state index in [2.05, 4.69) is 36.1 Å². The van der Waals surface area contributed by atoms with Crippen molar-refractivity contribution in [2.45, 2.75) is 32.3 Å². The van der Waals surface area contributed by atoms with Crippen LogP contribution in [0.4, 0.5) is 5.69 Å². The van der Waals surface area contributed by atoms with E-state index < -0.39 is 6.10 Å². The molecule has 1 unspecified atom stereocenters. The SMILES string of the molecule is CCCOc1ccc(C(O)CCN2CCc3ccccc32)cc1. The average molecular weight is 311 g/mol. The number of ether oxygens (including phenoxy) is 1. The summed E-state index contributed by atoms with van der Waals surface area (Å²) in [4.78, 5) is 2.37. The molecule has 0 aromatic heterocycles. The molecule has 0 amide bonds. The van der Waals surface area contributed by atoms with Crippen LogP contribution in [0.3, 0.4) is 0 Å². The molecule has 1 aliphatic rings. The summed E-state index contributed by atoms with van der Waals surface area (Å²) >= 11 is 0. The van der Waals surface area contributed by atoms with Gasteiger partial charge in [0.05, 0.1) is 12.7 Å². The molecule has 2 aromatic carbocycles. The maximum absolute atomic E-state index is 10.4. The highest BCUT2D eigenvalue weighted by molar-refractivity contribution is 5.57. The number of para-hydroxylation sites is 1. The van der Waals surface area contributed by atoms with E-state index in [9.17, 15) is 5.11 Å². The largest absolute Gasteiger partial charge is 0.494 e. The lowest BCUT2D eigenvalue weighted by Crippen LogP contribution is -2.23. The van der Waals surface area contributed by atoms with Crippen LogP contribution in [0.25, 0.3) is 0 Å². The molecule has 1 atom stereocenters. The summed E-state index contributed by atoms with van der Waals surface area (Å²) < 4.78 is 5.58. The lowest BCUT2D eigenvalue weighted by molar-refractivity contribution is 0.169. The standard InChI is InChI=1S/C20H25NO2/c1-2-15-23-18-9-7-17(8-10-18)20(22)12-14-21-13-11-16-5-3-4-6-19(16)21/h3-10,20,22H,2,11-15H2,1H3. The minimum Gasteiger partial charge on any atom is -0.494 e. The number of aliphatic hydroxyl groups excluding tert-OH is 1. The minimum absolute atomic E-state index is 0.428. The Kier molecular flexibility index (Phi) is 5.19. The molecule has 1 aliphatic heterocycles. The van der Waals surface area contributed by atoms with E-state index in [-0.39, 0.29) is 0 Å². The summed E-state index contributed by atoms with van der Waals surface area (Å²) in [6.07, 6.45) is 2.42. The van der Waals surface area contributed by atoms with E-state index in [1.165, 1.54) is 11.3 Å². The van der Waals surface area contributed by atoms with Crippen LogP contribution in [0.1, 0.15) is 37.0 Å². The van der Waals surface area contributed by atoms with Crippen LogP contribution in [0.5, 0.6) is 5.75 Å². The Labute approximate surface area is 138 Å². The van der Waals surface area contributed by atoms with Crippen LogP contribution in [0.15, 0.2) is 48.5 Å². The van der Waals surface area contributed by atoms with Crippen LogP contribution in [0.2, 0.25) is 0 Å². The van der Waals surface area contributed by atoms with Gasteiger partial charge in [-0.15, -0.1) is 0 Å². The van der Waals surface area contributed by atoms with Gasteiger partial charge in [-0.05, 0) is 48.6 Å². The first-order chi connectivity index (χ1) is 11.3. The van der Waals surface area contributed by atoms with Gasteiger partial charge in [0.25, 0.3) is 0 Å². The predicted molar refractivity (Wildman–Crippen MR) is 94.2 cm³/mol. The van der Waals surface area contributed by atoms with Gasteiger partial charge in [-0.3, -0.25) is 0 Å². The van der Waals surface area contributed by atoms with Gasteiger partial charge in [0.1, 0.15) is 5.75 Å². The van der Waals surface area contributed by atoms with Crippen molar-refractivity contribution in [2.75, 3.05) is 24.6 Å². The molecule has 1 heterocycles. The predicted octanol–water partition coefficient (Wildman–Crippen LogP) is 3.96. The van der Waals surface area contributed by atoms with Crippen LogP contribution >= 0.6 is 0 Å². The molecule has 1 N–H and O–H groups in total. The molecular formula is C20H25NO2. The van der Waals surface area contributed by atoms with Crippen molar-refractivity contribution in [1.29, 1.82) is 0 Å². The molecule has 3 rings (SSSR count). The second-order valence-electron chi connectivity index (χ2n) is 6.09. The first-order valence-corrected chi connectivity index (χ1v) is 8.51. The number of hydrogen-bond acceptors (Lipinski definition) is 3. The molecule has 0 saturated carbocycles. The highest BCUT2D eigenvalue weighted by atomic mass is 16.5. The number of rotatable bonds is 7. The molecule has 0 radical (unpaired) electrons. The molecule has 0 fully saturated rings. The third-order valence-corrected chi connectivity index (χ3v) is 4.39. The van der Waals surface area contributed by atoms with Gasteiger partial charge in [-0.2, -0.15) is 0 Å². The Balaban J connectivity index is 1.54. The fourth-order valence-electron chi connectivity index (χ4n) is 3.09. The van der Waals surface area contributed by atoms with Gasteiger partial charge >= 0.3 is 0 Å². The van der Waals surface area contributed by atoms with Crippen LogP contribution in [0, 0.1) is 0 Å². The van der Waals surface area contributed by atoms with E-state index >= 15 is 0 Å². The number of benzene rings is 2. The number of fused-ring (bicyclic) bond motifs is 1. The lowest BCUT2D eigenvalue weighted by Gasteiger charge is -2.21. The average Bonchev–Trinajstić information content (AvgIpc) is 3.01. The van der Waals surface area contributed by atoms with Crippen LogP contribution in [-0.2, 0) is 6.42 Å². The molecule has 0 aliphatic carbocycles. The molecule has 3 heteroatoms. The zero-order chi connectivity index (χ0) is 16.1. The van der Waals surface area contributed by atoms with Gasteiger partial charge < -0.3 is 14.7 Å². The zero-order valence-electron chi connectivity index (χ0n) is 13.7. The molecule has 23 heavy (non-hydrogen) atoms. The fourth-order valence-corrected chi connectivity index (χ4v) is 3.09. The summed E-state index contributed by atoms with van der Waals surface area (Å²) in [5.41, 5.74) is 3.70. The normalized spacial score (nSPS) is 14.6. The smallest absolute Gasteiger partial charge is 0.119 e. The Morgan fingerprint density at radius 1 is 1.13 bits per heavy atom. The maximum atomic E-state index is 10.4. The number of nitrogens with zero attached hydrogens (tertiary/aromatic N) is 1. The first-order valence-electron chi connectivity index (χ1n) is 8.51. The molecule has 2 aromatic rings. The zero-order valence-corrected chi connectivity index (χ0v) is 13.7. The third-order valence-electron chi connectivity index (χ3n) is 4.39. The van der Waals surface area contributed by atoms with Gasteiger partial charge in [0, 0.05) is 18.8 Å². The van der Waals surface area contributed by atoms with Crippen molar-refractivity contribution in [1.82, 2.24) is 0 Å². The van der Waals surface area contributed by atoms with Crippen molar-refractivity contribution in [3.8, 4) is 5.75 Å². The van der Waals surface area contributed by atoms with Gasteiger partial charge in [-0.1, -0.05) is 37.3 Å². The van der Waals surface area contributed by atoms with Crippen molar-refractivity contribution in [3.05, 3.63) is 59.7 Å². The van der Waals surface area contributed by atoms with Crippen LogP contribution in [-0.4, -0.2) is 24.8 Å². The fraction of sp³-hybridized carbons (Fsp3) is 0.400. The summed E-state index contributed by atoms with van der Waals surface area (Å²) in [6.45, 7) is 4.76. The second kappa shape index (κ2) is 7.51. The van der Waals surface area contributed by atoms with Crippen molar-refractivity contribution in [2.24, 2.45) is 0 Å². The van der Waals surface area contributed by atoms with E-state index in [4.69, 9.17) is 4.74 Å². The molecule has 0 saturated heterocycles. The Morgan fingerprint density at radius 2 is 1.91 bits per heavy atom. The summed E-state index contributed by atoms with van der Waals surface area (Å²) in [5, 5.41) is 10.4. The van der Waals surface area contributed by atoms with Gasteiger partial charge in [-0.25, -0.2) is 0 Å². The van der Waals surface area contributed by atoms with Gasteiger partial charge in [0.15, 0.2) is 0 Å². The molecular weight excluding hydrogens is 286 g/mol. The second-order valence-corrected chi connectivity index (χ2v) is 6.09. The Morgan fingerprint density at radius 3 is 2.70 bits per heavy atom. The van der Waals surface area contributed by atoms with Gasteiger partial charge in [0.2, 0.25) is 0 Å². The van der Waals surface area contributed by atoms with E-state index in [1.54, 1.807) is 0 Å². The number of anilines is 1. The van der Waals surface area contributed by atoms with Crippen molar-refractivity contribution < 1.29 is 9.84 Å². The Bertz CT molecular complexity index is 624. The molecule has 3 nitrogen and oxygen atoms in total. The highest BCUT2D eigenvalue weighted by Crippen LogP contribution is 2.29. The summed E-state index contributed by atoms with van der Waals surface area (Å²) in [7, 11) is 0. The topological polar surface area (TPSA) is 32.7 Å². The van der Waals surface area contributed by atoms with E-state index in [0.717, 1.165) is 50.3 Å². The van der Waals surface area contributed by atoms with E-state index in [0.29, 0.717) is 0 Å². The highest BCUT2D eigenvalue weighted by Gasteiger charge is 2.19. The summed E-state index contributed by atoms with van der Waals surface area (Å²) in [5.74, 6) is 0.872. The summed E-state index contributed by atoms with van der Waals surface area (Å²) in [6, 6.07) is 16.4. The molecule has 122 valence electrons. The maximum Gasteiger partial charge on any atom is 0.119 e. The van der Waals surface area contributed by atoms with Crippen molar-refractivity contribution >= 4 is 5.69 Å².